The van der Waals surface area contributed by atoms with Crippen LogP contribution in [0.25, 0.3) is 0 Å². The first-order valence-corrected chi connectivity index (χ1v) is 7.49. The molecule has 1 saturated heterocycles. The summed E-state index contributed by atoms with van der Waals surface area (Å²) in [5.41, 5.74) is 2.09. The van der Waals surface area contributed by atoms with Crippen molar-refractivity contribution in [2.45, 2.75) is 32.2 Å². The third-order valence-corrected chi connectivity index (χ3v) is 4.77. The zero-order valence-corrected chi connectivity index (χ0v) is 13.4. The van der Waals surface area contributed by atoms with Gasteiger partial charge in [0.25, 0.3) is 5.91 Å². The molecule has 0 spiro atoms. The van der Waals surface area contributed by atoms with Crippen molar-refractivity contribution in [3.8, 4) is 0 Å². The Labute approximate surface area is 123 Å². The zero-order valence-electron chi connectivity index (χ0n) is 11.8. The van der Waals surface area contributed by atoms with Gasteiger partial charge in [0.15, 0.2) is 0 Å². The quantitative estimate of drug-likeness (QED) is 0.907. The van der Waals surface area contributed by atoms with Crippen LogP contribution >= 0.6 is 15.9 Å². The van der Waals surface area contributed by atoms with Crippen molar-refractivity contribution in [3.63, 3.8) is 0 Å². The monoisotopic (exact) mass is 324 g/mol. The van der Waals surface area contributed by atoms with Crippen molar-refractivity contribution in [1.82, 2.24) is 10.2 Å². The summed E-state index contributed by atoms with van der Waals surface area (Å²) >= 11 is 3.49. The summed E-state index contributed by atoms with van der Waals surface area (Å²) in [6, 6.07) is 5.89. The Morgan fingerprint density at radius 1 is 1.37 bits per heavy atom. The molecule has 0 atom stereocenters. The Hall–Kier alpha value is -0.870. The molecule has 0 aliphatic carbocycles. The van der Waals surface area contributed by atoms with Gasteiger partial charge in [-0.2, -0.15) is 0 Å². The molecule has 0 unspecified atom stereocenters. The Balaban J connectivity index is 2.09. The number of halogens is 1. The molecule has 0 bridgehead atoms. The van der Waals surface area contributed by atoms with E-state index in [9.17, 15) is 4.79 Å². The molecule has 1 aromatic rings. The number of piperidine rings is 1. The number of nitrogens with zero attached hydrogens (tertiary/aromatic N) is 1. The minimum absolute atomic E-state index is 0.130. The van der Waals surface area contributed by atoms with E-state index in [0.29, 0.717) is 0 Å². The van der Waals surface area contributed by atoms with Gasteiger partial charge in [0.2, 0.25) is 0 Å². The molecular formula is C15H21BrN2O. The minimum Gasteiger partial charge on any atom is -0.338 e. The summed E-state index contributed by atoms with van der Waals surface area (Å²) in [5, 5.41) is 3.35. The highest BCUT2D eigenvalue weighted by atomic mass is 79.9. The van der Waals surface area contributed by atoms with Gasteiger partial charge in [-0.3, -0.25) is 4.79 Å². The molecule has 1 N–H and O–H groups in total. The molecular weight excluding hydrogens is 304 g/mol. The first-order chi connectivity index (χ1) is 8.95. The molecule has 19 heavy (non-hydrogen) atoms. The molecule has 2 rings (SSSR count). The lowest BCUT2D eigenvalue weighted by Gasteiger charge is -2.39. The van der Waals surface area contributed by atoms with Crippen LogP contribution in [0.2, 0.25) is 0 Å². The highest BCUT2D eigenvalue weighted by Crippen LogP contribution is 2.25. The van der Waals surface area contributed by atoms with Gasteiger partial charge >= 0.3 is 0 Å². The second-order valence-electron chi connectivity index (χ2n) is 5.59. The molecule has 1 aliphatic rings. The lowest BCUT2D eigenvalue weighted by Crippen LogP contribution is -2.51. The van der Waals surface area contributed by atoms with Crippen molar-refractivity contribution in [1.29, 1.82) is 0 Å². The summed E-state index contributed by atoms with van der Waals surface area (Å²) < 4.78 is 0.888. The van der Waals surface area contributed by atoms with Crippen molar-refractivity contribution < 1.29 is 4.79 Å². The number of hydrogen-bond acceptors (Lipinski definition) is 2. The van der Waals surface area contributed by atoms with Crippen LogP contribution in [0.5, 0.6) is 0 Å². The van der Waals surface area contributed by atoms with Gasteiger partial charge in [0.05, 0.1) is 5.56 Å². The molecule has 104 valence electrons. The van der Waals surface area contributed by atoms with Gasteiger partial charge in [-0.05, 0) is 67.4 Å². The van der Waals surface area contributed by atoms with Crippen LogP contribution in [-0.2, 0) is 0 Å². The Morgan fingerprint density at radius 3 is 2.53 bits per heavy atom. The summed E-state index contributed by atoms with van der Waals surface area (Å²) in [7, 11) is 1.99. The number of aryl methyl sites for hydroxylation is 1. The largest absolute Gasteiger partial charge is 0.338 e. The highest BCUT2D eigenvalue weighted by molar-refractivity contribution is 9.10. The number of rotatable bonds is 2. The zero-order chi connectivity index (χ0) is 14.0. The molecule has 1 fully saturated rings. The smallest absolute Gasteiger partial charge is 0.254 e. The summed E-state index contributed by atoms with van der Waals surface area (Å²) in [6.45, 7) is 5.88. The van der Waals surface area contributed by atoms with Gasteiger partial charge < -0.3 is 10.2 Å². The topological polar surface area (TPSA) is 32.3 Å². The second-order valence-corrected chi connectivity index (χ2v) is 6.44. The minimum atomic E-state index is 0.130. The van der Waals surface area contributed by atoms with E-state index in [4.69, 9.17) is 0 Å². The molecule has 1 aliphatic heterocycles. The lowest BCUT2D eigenvalue weighted by atomic mass is 9.89. The Kier molecular flexibility index (Phi) is 4.31. The van der Waals surface area contributed by atoms with Crippen LogP contribution in [0.15, 0.2) is 22.7 Å². The molecule has 3 nitrogen and oxygen atoms in total. The highest BCUT2D eigenvalue weighted by Gasteiger charge is 2.31. The van der Waals surface area contributed by atoms with E-state index >= 15 is 0 Å². The number of benzene rings is 1. The van der Waals surface area contributed by atoms with Crippen molar-refractivity contribution >= 4 is 21.8 Å². The number of likely N-dealkylation sites (tertiary alicyclic amines) is 1. The van der Waals surface area contributed by atoms with E-state index in [1.54, 1.807) is 0 Å². The van der Waals surface area contributed by atoms with E-state index in [0.717, 1.165) is 41.5 Å². The van der Waals surface area contributed by atoms with Gasteiger partial charge in [-0.25, -0.2) is 0 Å². The maximum atomic E-state index is 12.5. The molecule has 0 saturated carbocycles. The predicted molar refractivity (Wildman–Crippen MR) is 81.5 cm³/mol. The fraction of sp³-hybridized carbons (Fsp3) is 0.533. The first kappa shape index (κ1) is 14.5. The van der Waals surface area contributed by atoms with E-state index < -0.39 is 0 Å². The number of carbonyl (C=O) groups excluding carboxylic acids is 1. The Morgan fingerprint density at radius 2 is 2.00 bits per heavy atom. The average molecular weight is 325 g/mol. The van der Waals surface area contributed by atoms with Crippen molar-refractivity contribution in [2.75, 3.05) is 20.1 Å². The number of carbonyl (C=O) groups is 1. The normalized spacial score (nSPS) is 18.4. The summed E-state index contributed by atoms with van der Waals surface area (Å²) in [5.74, 6) is 0.130. The van der Waals surface area contributed by atoms with E-state index in [2.05, 4.69) is 28.2 Å². The molecule has 0 aromatic heterocycles. The maximum Gasteiger partial charge on any atom is 0.254 e. The average Bonchev–Trinajstić information content (AvgIpc) is 2.39. The van der Waals surface area contributed by atoms with E-state index in [-0.39, 0.29) is 11.4 Å². The molecule has 4 heteroatoms. The fourth-order valence-electron chi connectivity index (χ4n) is 2.42. The first-order valence-electron chi connectivity index (χ1n) is 6.69. The molecule has 1 amide bonds. The third kappa shape index (κ3) is 3.18. The van der Waals surface area contributed by atoms with E-state index in [1.165, 1.54) is 0 Å². The predicted octanol–water partition coefficient (Wildman–Crippen LogP) is 2.97. The van der Waals surface area contributed by atoms with Crippen molar-refractivity contribution in [2.24, 2.45) is 0 Å². The van der Waals surface area contributed by atoms with Crippen LogP contribution in [0.4, 0.5) is 0 Å². The molecule has 1 heterocycles. The molecule has 1 aromatic carbocycles. The van der Waals surface area contributed by atoms with Crippen LogP contribution in [0.1, 0.15) is 35.7 Å². The van der Waals surface area contributed by atoms with Crippen LogP contribution in [0, 0.1) is 6.92 Å². The van der Waals surface area contributed by atoms with Crippen LogP contribution in [0.3, 0.4) is 0 Å². The lowest BCUT2D eigenvalue weighted by molar-refractivity contribution is 0.0661. The summed E-state index contributed by atoms with van der Waals surface area (Å²) in [4.78, 5) is 14.5. The number of nitrogens with one attached hydrogen (secondary N) is 1. The SMILES string of the molecule is CNC1(C)CCN(C(=O)c2ccc(C)cc2Br)CC1. The number of hydrogen-bond donors (Lipinski definition) is 1. The number of amides is 1. The van der Waals surface area contributed by atoms with Crippen LogP contribution in [-0.4, -0.2) is 36.5 Å². The Bertz CT molecular complexity index is 479. The van der Waals surface area contributed by atoms with Gasteiger partial charge in [0, 0.05) is 23.1 Å². The van der Waals surface area contributed by atoms with Gasteiger partial charge in [-0.1, -0.05) is 6.07 Å². The standard InChI is InChI=1S/C15H21BrN2O/c1-11-4-5-12(13(16)10-11)14(19)18-8-6-15(2,17-3)7-9-18/h4-5,10,17H,6-9H2,1-3H3. The summed E-state index contributed by atoms with van der Waals surface area (Å²) in [6.07, 6.45) is 2.00. The molecule has 0 radical (unpaired) electrons. The van der Waals surface area contributed by atoms with Crippen LogP contribution < -0.4 is 5.32 Å². The third-order valence-electron chi connectivity index (χ3n) is 4.11. The second kappa shape index (κ2) is 5.63. The fourth-order valence-corrected chi connectivity index (χ4v) is 3.08. The maximum absolute atomic E-state index is 12.5. The van der Waals surface area contributed by atoms with Gasteiger partial charge in [-0.15, -0.1) is 0 Å². The van der Waals surface area contributed by atoms with E-state index in [1.807, 2.05) is 37.1 Å². The van der Waals surface area contributed by atoms with Crippen molar-refractivity contribution in [3.05, 3.63) is 33.8 Å². The van der Waals surface area contributed by atoms with Gasteiger partial charge in [0.1, 0.15) is 0 Å².